The molecule has 0 spiro atoms. The summed E-state index contributed by atoms with van der Waals surface area (Å²) in [4.78, 5) is 0. The van der Waals surface area contributed by atoms with Gasteiger partial charge in [0, 0.05) is 13.0 Å². The van der Waals surface area contributed by atoms with Crippen LogP contribution in [0.5, 0.6) is 0 Å². The second-order valence-electron chi connectivity index (χ2n) is 9.39. The molecule has 9 unspecified atom stereocenters. The normalized spacial score (nSPS) is 43.1. The van der Waals surface area contributed by atoms with Crippen molar-refractivity contribution in [3.63, 3.8) is 0 Å². The molecule has 10 heteroatoms. The number of aryl methyl sites for hydroxylation is 1. The van der Waals surface area contributed by atoms with E-state index in [1.54, 1.807) is 14.1 Å². The van der Waals surface area contributed by atoms with E-state index in [0.29, 0.717) is 6.54 Å². The number of hydrogen-bond acceptors (Lipinski definition) is 10. The van der Waals surface area contributed by atoms with Crippen molar-refractivity contribution in [3.05, 3.63) is 35.4 Å². The van der Waals surface area contributed by atoms with Gasteiger partial charge in [-0.2, -0.15) is 0 Å². The molecule has 3 aliphatic rings. The van der Waals surface area contributed by atoms with E-state index < -0.39 is 54.2 Å². The van der Waals surface area contributed by atoms with Gasteiger partial charge in [0.2, 0.25) is 12.1 Å². The lowest BCUT2D eigenvalue weighted by Gasteiger charge is -2.59. The van der Waals surface area contributed by atoms with Gasteiger partial charge in [-0.1, -0.05) is 29.8 Å². The Morgan fingerprint density at radius 1 is 1.00 bits per heavy atom. The lowest BCUT2D eigenvalue weighted by atomic mass is 9.78. The lowest BCUT2D eigenvalue weighted by molar-refractivity contribution is -0.475. The highest BCUT2D eigenvalue weighted by atomic mass is 16.8. The first kappa shape index (κ1) is 24.9. The van der Waals surface area contributed by atoms with Gasteiger partial charge in [0.15, 0.2) is 0 Å². The predicted molar refractivity (Wildman–Crippen MR) is 119 cm³/mol. The molecule has 2 saturated heterocycles. The summed E-state index contributed by atoms with van der Waals surface area (Å²) >= 11 is 0. The molecule has 33 heavy (non-hydrogen) atoms. The average molecular weight is 468 g/mol. The Morgan fingerprint density at radius 2 is 1.70 bits per heavy atom. The molecule has 2 aliphatic heterocycles. The van der Waals surface area contributed by atoms with E-state index in [1.807, 2.05) is 6.92 Å². The summed E-state index contributed by atoms with van der Waals surface area (Å²) in [5, 5.41) is 53.7. The number of aliphatic hydroxyl groups is 4. The van der Waals surface area contributed by atoms with Crippen LogP contribution in [0.2, 0.25) is 0 Å². The zero-order valence-electron chi connectivity index (χ0n) is 19.4. The van der Waals surface area contributed by atoms with E-state index >= 15 is 0 Å². The van der Waals surface area contributed by atoms with Crippen molar-refractivity contribution < 1.29 is 34.6 Å². The fourth-order valence-corrected chi connectivity index (χ4v) is 5.19. The third-order valence-electron chi connectivity index (χ3n) is 7.28. The fraction of sp³-hybridized carbons (Fsp3) is 0.739. The first-order valence-corrected chi connectivity index (χ1v) is 11.6. The van der Waals surface area contributed by atoms with Gasteiger partial charge in [-0.05, 0) is 39.5 Å². The van der Waals surface area contributed by atoms with Crippen LogP contribution in [0.1, 0.15) is 17.5 Å². The number of ether oxygens (including phenoxy) is 3. The van der Waals surface area contributed by atoms with Crippen molar-refractivity contribution in [2.45, 2.75) is 73.9 Å². The maximum atomic E-state index is 11.5. The van der Waals surface area contributed by atoms with E-state index in [4.69, 9.17) is 14.2 Å². The molecular weight excluding hydrogens is 430 g/mol. The molecule has 7 N–H and O–H groups in total. The largest absolute Gasteiger partial charge is 0.390 e. The molecule has 1 aliphatic carbocycles. The zero-order chi connectivity index (χ0) is 23.8. The Morgan fingerprint density at radius 3 is 2.36 bits per heavy atom. The van der Waals surface area contributed by atoms with Crippen LogP contribution < -0.4 is 16.0 Å². The van der Waals surface area contributed by atoms with E-state index in [1.165, 1.54) is 11.1 Å². The van der Waals surface area contributed by atoms with Crippen LogP contribution in [0.15, 0.2) is 24.3 Å². The van der Waals surface area contributed by atoms with Crippen LogP contribution in [0.4, 0.5) is 0 Å². The van der Waals surface area contributed by atoms with Crippen LogP contribution >= 0.6 is 0 Å². The van der Waals surface area contributed by atoms with Crippen molar-refractivity contribution in [1.82, 2.24) is 16.0 Å². The monoisotopic (exact) mass is 467 g/mol. The van der Waals surface area contributed by atoms with Gasteiger partial charge < -0.3 is 50.6 Å². The van der Waals surface area contributed by atoms with Crippen molar-refractivity contribution in [3.8, 4) is 0 Å². The molecule has 0 aromatic heterocycles. The Balaban J connectivity index is 1.47. The first-order valence-electron chi connectivity index (χ1n) is 11.6. The molecule has 10 nitrogen and oxygen atoms in total. The highest BCUT2D eigenvalue weighted by Crippen LogP contribution is 2.44. The van der Waals surface area contributed by atoms with E-state index in [-0.39, 0.29) is 19.6 Å². The Bertz CT molecular complexity index is 799. The highest BCUT2D eigenvalue weighted by molar-refractivity contribution is 5.21. The standard InChI is InChI=1S/C23H37N3O7/c1-13-4-6-14(7-5-13)8-10-26-12-22(29)9-11-31-21-23(22,30)33-19-16(25-3)17(27)15(24-2)18(28)20(19)32-21/h4-7,15-21,24-30H,8-12H2,1-3H3. The predicted octanol–water partition coefficient (Wildman–Crippen LogP) is -2.01. The summed E-state index contributed by atoms with van der Waals surface area (Å²) in [7, 11) is 3.30. The van der Waals surface area contributed by atoms with E-state index in [0.717, 1.165) is 6.42 Å². The fourth-order valence-electron chi connectivity index (χ4n) is 5.19. The highest BCUT2D eigenvalue weighted by Gasteiger charge is 2.67. The molecule has 9 atom stereocenters. The first-order chi connectivity index (χ1) is 15.7. The van der Waals surface area contributed by atoms with Gasteiger partial charge in [-0.25, -0.2) is 0 Å². The van der Waals surface area contributed by atoms with Gasteiger partial charge in [0.05, 0.1) is 24.8 Å². The number of likely N-dealkylation sites (N-methyl/N-ethyl adjacent to an activating group) is 2. The van der Waals surface area contributed by atoms with E-state index in [2.05, 4.69) is 40.2 Å². The molecule has 1 aromatic carbocycles. The van der Waals surface area contributed by atoms with Crippen LogP contribution in [-0.4, -0.2) is 108 Å². The number of benzene rings is 1. The number of fused-ring (bicyclic) bond motifs is 2. The minimum absolute atomic E-state index is 0.0600. The molecule has 4 rings (SSSR count). The topological polar surface area (TPSA) is 145 Å². The Labute approximate surface area is 194 Å². The summed E-state index contributed by atoms with van der Waals surface area (Å²) in [6.45, 7) is 2.86. The molecule has 186 valence electrons. The summed E-state index contributed by atoms with van der Waals surface area (Å²) < 4.78 is 17.7. The van der Waals surface area contributed by atoms with Gasteiger partial charge in [-0.15, -0.1) is 0 Å². The maximum Gasteiger partial charge on any atom is 0.249 e. The van der Waals surface area contributed by atoms with Crippen molar-refractivity contribution in [2.75, 3.05) is 33.8 Å². The van der Waals surface area contributed by atoms with Crippen LogP contribution in [-0.2, 0) is 20.6 Å². The SMILES string of the molecule is CNC1C(O)C(NC)C2OC3(O)C(OCCC3(O)CNCCc3ccc(C)cc3)OC2C1O. The van der Waals surface area contributed by atoms with Crippen molar-refractivity contribution >= 4 is 0 Å². The number of nitrogens with one attached hydrogen (secondary N) is 3. The average Bonchev–Trinajstić information content (AvgIpc) is 2.79. The van der Waals surface area contributed by atoms with Crippen molar-refractivity contribution in [1.29, 1.82) is 0 Å². The van der Waals surface area contributed by atoms with Crippen LogP contribution in [0.25, 0.3) is 0 Å². The van der Waals surface area contributed by atoms with Gasteiger partial charge >= 0.3 is 0 Å². The number of rotatable bonds is 7. The molecule has 0 amide bonds. The summed E-state index contributed by atoms with van der Waals surface area (Å²) in [5.41, 5.74) is 0.676. The molecule has 0 radical (unpaired) electrons. The summed E-state index contributed by atoms with van der Waals surface area (Å²) in [6.07, 6.45) is -4.27. The number of hydrogen-bond donors (Lipinski definition) is 7. The minimum atomic E-state index is -2.18. The smallest absolute Gasteiger partial charge is 0.249 e. The summed E-state index contributed by atoms with van der Waals surface area (Å²) in [5.74, 6) is -2.18. The summed E-state index contributed by atoms with van der Waals surface area (Å²) in [6, 6.07) is 6.94. The van der Waals surface area contributed by atoms with Crippen LogP contribution in [0.3, 0.4) is 0 Å². The third kappa shape index (κ3) is 4.45. The Kier molecular flexibility index (Phi) is 7.42. The minimum Gasteiger partial charge on any atom is -0.390 e. The second kappa shape index (κ2) is 9.82. The van der Waals surface area contributed by atoms with Gasteiger partial charge in [0.25, 0.3) is 0 Å². The second-order valence-corrected chi connectivity index (χ2v) is 9.39. The van der Waals surface area contributed by atoms with Gasteiger partial charge in [-0.3, -0.25) is 0 Å². The molecule has 2 heterocycles. The molecule has 0 bridgehead atoms. The van der Waals surface area contributed by atoms with Crippen LogP contribution in [0, 0.1) is 6.92 Å². The molecule has 1 saturated carbocycles. The molecular formula is C23H37N3O7. The third-order valence-corrected chi connectivity index (χ3v) is 7.28. The Hall–Kier alpha value is -1.18. The molecule has 1 aromatic rings. The van der Waals surface area contributed by atoms with E-state index in [9.17, 15) is 20.4 Å². The maximum absolute atomic E-state index is 11.5. The zero-order valence-corrected chi connectivity index (χ0v) is 19.4. The molecule has 3 fully saturated rings. The quantitative estimate of drug-likeness (QED) is 0.225. The van der Waals surface area contributed by atoms with Crippen molar-refractivity contribution in [2.24, 2.45) is 0 Å². The number of aliphatic hydroxyl groups excluding tert-OH is 2. The lowest BCUT2D eigenvalue weighted by Crippen LogP contribution is -2.80. The van der Waals surface area contributed by atoms with Gasteiger partial charge in [0.1, 0.15) is 23.9 Å².